The lowest BCUT2D eigenvalue weighted by Crippen LogP contribution is -2.26. The van der Waals surface area contributed by atoms with Crippen LogP contribution in [0.2, 0.25) is 0 Å². The van der Waals surface area contributed by atoms with Crippen LogP contribution >= 0.6 is 0 Å². The number of aromatic nitrogens is 2. The Hall–Kier alpha value is -2.57. The molecule has 21 heavy (non-hydrogen) atoms. The fourth-order valence-corrected chi connectivity index (χ4v) is 2.73. The normalized spacial score (nSPS) is 15.7. The highest BCUT2D eigenvalue weighted by Gasteiger charge is 2.17. The summed E-state index contributed by atoms with van der Waals surface area (Å²) < 4.78 is 1.94. The molecule has 2 heterocycles. The van der Waals surface area contributed by atoms with Gasteiger partial charge in [-0.15, -0.1) is 0 Å². The molecule has 1 aromatic carbocycles. The molecule has 0 atom stereocenters. The number of nitrogens with zero attached hydrogens (tertiary/aromatic N) is 2. The van der Waals surface area contributed by atoms with Crippen LogP contribution in [0.25, 0.3) is 11.0 Å². The zero-order chi connectivity index (χ0) is 15.0. The summed E-state index contributed by atoms with van der Waals surface area (Å²) in [6.07, 6.45) is 1.66. The number of anilines is 1. The Bertz CT molecular complexity index is 735. The average Bonchev–Trinajstić information content (AvgIpc) is 2.76. The first-order valence-corrected chi connectivity index (χ1v) is 6.91. The third kappa shape index (κ3) is 2.42. The van der Waals surface area contributed by atoms with Gasteiger partial charge in [0.1, 0.15) is 0 Å². The van der Waals surface area contributed by atoms with E-state index in [4.69, 9.17) is 11.5 Å². The van der Waals surface area contributed by atoms with Crippen molar-refractivity contribution >= 4 is 28.8 Å². The molecule has 0 unspecified atom stereocenters. The minimum absolute atomic E-state index is 0.00793. The average molecular weight is 287 g/mol. The molecule has 0 saturated carbocycles. The van der Waals surface area contributed by atoms with Crippen molar-refractivity contribution in [2.75, 3.05) is 12.3 Å². The van der Waals surface area contributed by atoms with Gasteiger partial charge in [-0.3, -0.25) is 9.59 Å². The largest absolute Gasteiger partial charge is 0.369 e. The zero-order valence-electron chi connectivity index (χ0n) is 11.6. The van der Waals surface area contributed by atoms with Gasteiger partial charge in [-0.2, -0.15) is 0 Å². The number of benzene rings is 1. The standard InChI is InChI=1S/C14H17N5O2/c15-13(21)9-6-8-2-3-11(20)17-4-1-5-19-12(8)10(7-9)18-14(19)16/h6-7H,1-5H2,(H2,15,21)(H2,16,18)(H,17,20). The number of aryl methyl sites for hydroxylation is 2. The zero-order valence-corrected chi connectivity index (χ0v) is 11.6. The Balaban J connectivity index is 2.21. The van der Waals surface area contributed by atoms with Crippen LogP contribution in [0.4, 0.5) is 5.95 Å². The summed E-state index contributed by atoms with van der Waals surface area (Å²) >= 11 is 0. The predicted molar refractivity (Wildman–Crippen MR) is 78.6 cm³/mol. The molecular weight excluding hydrogens is 270 g/mol. The van der Waals surface area contributed by atoms with Crippen LogP contribution in [0.3, 0.4) is 0 Å². The second kappa shape index (κ2) is 5.08. The van der Waals surface area contributed by atoms with Gasteiger partial charge in [-0.05, 0) is 30.5 Å². The van der Waals surface area contributed by atoms with Crippen LogP contribution in [0, 0.1) is 0 Å². The third-order valence-corrected chi connectivity index (χ3v) is 3.74. The van der Waals surface area contributed by atoms with Crippen LogP contribution in [0.1, 0.15) is 28.8 Å². The molecule has 1 aromatic heterocycles. The van der Waals surface area contributed by atoms with Gasteiger partial charge in [0.25, 0.3) is 0 Å². The van der Waals surface area contributed by atoms with E-state index >= 15 is 0 Å². The van der Waals surface area contributed by atoms with Crippen molar-refractivity contribution in [1.29, 1.82) is 0 Å². The Kier molecular flexibility index (Phi) is 3.25. The number of carbonyl (C=O) groups is 2. The van der Waals surface area contributed by atoms with Gasteiger partial charge in [0.15, 0.2) is 0 Å². The molecule has 1 aliphatic rings. The highest BCUT2D eigenvalue weighted by atomic mass is 16.1. The number of imidazole rings is 1. The lowest BCUT2D eigenvalue weighted by molar-refractivity contribution is -0.121. The number of rotatable bonds is 1. The first-order valence-electron chi connectivity index (χ1n) is 6.91. The number of primary amides is 1. The van der Waals surface area contributed by atoms with Gasteiger partial charge in [0, 0.05) is 25.1 Å². The number of nitrogen functional groups attached to an aromatic ring is 1. The summed E-state index contributed by atoms with van der Waals surface area (Å²) in [5.41, 5.74) is 14.2. The Labute approximate surface area is 121 Å². The monoisotopic (exact) mass is 287 g/mol. The van der Waals surface area contributed by atoms with E-state index in [9.17, 15) is 9.59 Å². The smallest absolute Gasteiger partial charge is 0.248 e. The molecule has 0 spiro atoms. The molecule has 7 heteroatoms. The van der Waals surface area contributed by atoms with Crippen LogP contribution in [-0.2, 0) is 17.8 Å². The lowest BCUT2D eigenvalue weighted by Gasteiger charge is -2.14. The summed E-state index contributed by atoms with van der Waals surface area (Å²) in [6, 6.07) is 3.39. The van der Waals surface area contributed by atoms with Gasteiger partial charge < -0.3 is 21.4 Å². The van der Waals surface area contributed by atoms with E-state index in [1.807, 2.05) is 4.57 Å². The molecule has 0 saturated heterocycles. The fourth-order valence-electron chi connectivity index (χ4n) is 2.73. The van der Waals surface area contributed by atoms with Crippen LogP contribution in [0.5, 0.6) is 0 Å². The minimum Gasteiger partial charge on any atom is -0.369 e. The number of amides is 2. The third-order valence-electron chi connectivity index (χ3n) is 3.74. The molecule has 0 bridgehead atoms. The topological polar surface area (TPSA) is 116 Å². The van der Waals surface area contributed by atoms with E-state index in [0.717, 1.165) is 17.5 Å². The van der Waals surface area contributed by atoms with Crippen LogP contribution < -0.4 is 16.8 Å². The molecule has 3 rings (SSSR count). The number of nitrogens with one attached hydrogen (secondary N) is 1. The molecule has 2 amide bonds. The van der Waals surface area contributed by atoms with E-state index < -0.39 is 5.91 Å². The van der Waals surface area contributed by atoms with Crippen molar-refractivity contribution in [2.24, 2.45) is 5.73 Å². The number of hydrogen-bond acceptors (Lipinski definition) is 4. The highest BCUT2D eigenvalue weighted by molar-refractivity contribution is 5.98. The highest BCUT2D eigenvalue weighted by Crippen LogP contribution is 2.25. The maximum atomic E-state index is 11.7. The van der Waals surface area contributed by atoms with Gasteiger partial charge in [-0.1, -0.05) is 0 Å². The quantitative estimate of drug-likeness (QED) is 0.693. The summed E-state index contributed by atoms with van der Waals surface area (Å²) in [4.78, 5) is 27.5. The maximum absolute atomic E-state index is 11.7. The number of hydrogen-bond donors (Lipinski definition) is 3. The Morgan fingerprint density at radius 3 is 2.90 bits per heavy atom. The van der Waals surface area contributed by atoms with E-state index in [2.05, 4.69) is 10.3 Å². The Morgan fingerprint density at radius 1 is 1.33 bits per heavy atom. The second-order valence-corrected chi connectivity index (χ2v) is 5.19. The molecule has 0 radical (unpaired) electrons. The molecule has 2 aromatic rings. The summed E-state index contributed by atoms with van der Waals surface area (Å²) in [7, 11) is 0. The summed E-state index contributed by atoms with van der Waals surface area (Å²) in [5, 5.41) is 2.86. The molecule has 1 aliphatic heterocycles. The first-order chi connectivity index (χ1) is 10.1. The van der Waals surface area contributed by atoms with Gasteiger partial charge in [0.05, 0.1) is 11.0 Å². The van der Waals surface area contributed by atoms with Crippen LogP contribution in [0.15, 0.2) is 12.1 Å². The van der Waals surface area contributed by atoms with Crippen molar-refractivity contribution in [1.82, 2.24) is 14.9 Å². The van der Waals surface area contributed by atoms with Crippen molar-refractivity contribution in [3.8, 4) is 0 Å². The van der Waals surface area contributed by atoms with Crippen molar-refractivity contribution < 1.29 is 9.59 Å². The SMILES string of the molecule is NC(=O)c1cc2c3c(c1)nc(N)n3CCCNC(=O)CC2. The molecular formula is C14H17N5O2. The fraction of sp³-hybridized carbons (Fsp3) is 0.357. The molecule has 7 nitrogen and oxygen atoms in total. The van der Waals surface area contributed by atoms with Gasteiger partial charge >= 0.3 is 0 Å². The molecule has 5 N–H and O–H groups in total. The lowest BCUT2D eigenvalue weighted by atomic mass is 10.0. The summed E-state index contributed by atoms with van der Waals surface area (Å²) in [6.45, 7) is 1.29. The first kappa shape index (κ1) is 13.4. The maximum Gasteiger partial charge on any atom is 0.248 e. The second-order valence-electron chi connectivity index (χ2n) is 5.19. The predicted octanol–water partition coefficient (Wildman–Crippen LogP) is 0.170. The molecule has 110 valence electrons. The van der Waals surface area contributed by atoms with Crippen molar-refractivity contribution in [3.63, 3.8) is 0 Å². The van der Waals surface area contributed by atoms with E-state index in [0.29, 0.717) is 43.0 Å². The number of carbonyl (C=O) groups excluding carboxylic acids is 2. The van der Waals surface area contributed by atoms with Crippen molar-refractivity contribution in [2.45, 2.75) is 25.8 Å². The van der Waals surface area contributed by atoms with E-state index in [-0.39, 0.29) is 5.91 Å². The van der Waals surface area contributed by atoms with Gasteiger partial charge in [-0.25, -0.2) is 4.98 Å². The number of nitrogens with two attached hydrogens (primary N) is 2. The summed E-state index contributed by atoms with van der Waals surface area (Å²) in [5.74, 6) is -0.0869. The van der Waals surface area contributed by atoms with E-state index in [1.54, 1.807) is 12.1 Å². The van der Waals surface area contributed by atoms with Gasteiger partial charge in [0.2, 0.25) is 17.8 Å². The Morgan fingerprint density at radius 2 is 2.14 bits per heavy atom. The molecule has 0 aliphatic carbocycles. The van der Waals surface area contributed by atoms with Crippen LogP contribution in [-0.4, -0.2) is 27.9 Å². The van der Waals surface area contributed by atoms with E-state index in [1.165, 1.54) is 0 Å². The van der Waals surface area contributed by atoms with Crippen molar-refractivity contribution in [3.05, 3.63) is 23.3 Å². The minimum atomic E-state index is -0.511. The molecule has 0 fully saturated rings.